The van der Waals surface area contributed by atoms with Gasteiger partial charge in [-0.25, -0.2) is 0 Å². The minimum Gasteiger partial charge on any atom is -0.483 e. The van der Waals surface area contributed by atoms with Crippen LogP contribution in [0.2, 0.25) is 0 Å². The molecule has 0 aromatic heterocycles. The Bertz CT molecular complexity index is 887. The van der Waals surface area contributed by atoms with Crippen LogP contribution in [0.3, 0.4) is 0 Å². The summed E-state index contributed by atoms with van der Waals surface area (Å²) in [6.45, 7) is 3.62. The molecule has 0 N–H and O–H groups in total. The first-order valence-corrected chi connectivity index (χ1v) is 10.6. The lowest BCUT2D eigenvalue weighted by Gasteiger charge is -2.24. The van der Waals surface area contributed by atoms with E-state index < -0.39 is 0 Å². The second-order valence-corrected chi connectivity index (χ2v) is 7.94. The van der Waals surface area contributed by atoms with Crippen molar-refractivity contribution in [3.63, 3.8) is 0 Å². The van der Waals surface area contributed by atoms with Crippen LogP contribution in [0.4, 0.5) is 5.69 Å². The van der Waals surface area contributed by atoms with E-state index in [9.17, 15) is 9.59 Å². The van der Waals surface area contributed by atoms with Gasteiger partial charge in [0.25, 0.3) is 11.8 Å². The summed E-state index contributed by atoms with van der Waals surface area (Å²) in [5.74, 6) is 0.381. The van der Waals surface area contributed by atoms with Crippen molar-refractivity contribution in [1.29, 1.82) is 0 Å². The van der Waals surface area contributed by atoms with E-state index in [0.717, 1.165) is 38.0 Å². The Morgan fingerprint density at radius 1 is 0.966 bits per heavy atom. The molecular formula is C24H28N2O3. The lowest BCUT2D eigenvalue weighted by molar-refractivity contribution is -0.133. The van der Waals surface area contributed by atoms with Crippen LogP contribution in [-0.2, 0) is 11.2 Å². The van der Waals surface area contributed by atoms with Gasteiger partial charge in [-0.15, -0.1) is 0 Å². The lowest BCUT2D eigenvalue weighted by Crippen LogP contribution is -2.37. The summed E-state index contributed by atoms with van der Waals surface area (Å²) in [5, 5.41) is 0. The first-order chi connectivity index (χ1) is 14.1. The molecule has 2 aromatic rings. The van der Waals surface area contributed by atoms with Gasteiger partial charge >= 0.3 is 0 Å². The van der Waals surface area contributed by atoms with Crippen LogP contribution >= 0.6 is 0 Å². The van der Waals surface area contributed by atoms with Gasteiger partial charge in [0.05, 0.1) is 5.56 Å². The Labute approximate surface area is 172 Å². The topological polar surface area (TPSA) is 49.9 Å². The molecule has 2 aliphatic rings. The third-order valence-corrected chi connectivity index (χ3v) is 5.85. The molecule has 1 saturated heterocycles. The second-order valence-electron chi connectivity index (χ2n) is 7.94. The molecule has 4 rings (SSSR count). The lowest BCUT2D eigenvalue weighted by atomic mass is 10.1. The summed E-state index contributed by atoms with van der Waals surface area (Å²) in [4.78, 5) is 29.7. The Hall–Kier alpha value is -2.82. The Kier molecular flexibility index (Phi) is 5.84. The van der Waals surface area contributed by atoms with Crippen LogP contribution in [0.1, 0.15) is 48.5 Å². The summed E-state index contributed by atoms with van der Waals surface area (Å²) >= 11 is 0. The van der Waals surface area contributed by atoms with Crippen molar-refractivity contribution in [2.45, 2.75) is 45.1 Å². The van der Waals surface area contributed by atoms with Crippen molar-refractivity contribution >= 4 is 17.5 Å². The van der Waals surface area contributed by atoms with E-state index in [2.05, 4.69) is 13.0 Å². The first-order valence-electron chi connectivity index (χ1n) is 10.6. The maximum Gasteiger partial charge on any atom is 0.262 e. The minimum atomic E-state index is -0.0831. The van der Waals surface area contributed by atoms with E-state index in [4.69, 9.17) is 4.74 Å². The van der Waals surface area contributed by atoms with Crippen molar-refractivity contribution < 1.29 is 14.3 Å². The van der Waals surface area contributed by atoms with Gasteiger partial charge in [0.15, 0.2) is 6.61 Å². The molecular weight excluding hydrogens is 364 g/mol. The molecule has 29 heavy (non-hydrogen) atoms. The molecule has 0 saturated carbocycles. The van der Waals surface area contributed by atoms with Gasteiger partial charge < -0.3 is 14.5 Å². The molecule has 0 spiro atoms. The number of carbonyl (C=O) groups is 2. The molecule has 0 aliphatic carbocycles. The fourth-order valence-corrected chi connectivity index (χ4v) is 4.32. The molecule has 1 fully saturated rings. The summed E-state index contributed by atoms with van der Waals surface area (Å²) in [5.41, 5.74) is 2.64. The summed E-state index contributed by atoms with van der Waals surface area (Å²) in [6, 6.07) is 15.3. The highest BCUT2D eigenvalue weighted by Crippen LogP contribution is 2.34. The summed E-state index contributed by atoms with van der Waals surface area (Å²) in [6.07, 6.45) is 5.30. The number of para-hydroxylation sites is 2. The fourth-order valence-electron chi connectivity index (χ4n) is 4.32. The standard InChI is InChI=1S/C24H28N2O3/c1-18-16-19-10-4-6-12-21(19)26(18)24(28)20-11-5-7-13-22(20)29-17-23(27)25-14-8-2-3-9-15-25/h4-7,10-13,18H,2-3,8-9,14-17H2,1H3. The quantitative estimate of drug-likeness (QED) is 0.788. The van der Waals surface area contributed by atoms with E-state index in [-0.39, 0.29) is 24.5 Å². The van der Waals surface area contributed by atoms with Crippen LogP contribution < -0.4 is 9.64 Å². The minimum absolute atomic E-state index is 0.00552. The van der Waals surface area contributed by atoms with Crippen LogP contribution in [-0.4, -0.2) is 42.5 Å². The molecule has 2 heterocycles. The molecule has 2 aromatic carbocycles. The Balaban J connectivity index is 1.50. The molecule has 5 heteroatoms. The number of likely N-dealkylation sites (tertiary alicyclic amines) is 1. The third kappa shape index (κ3) is 4.14. The smallest absolute Gasteiger partial charge is 0.262 e. The number of hydrogen-bond acceptors (Lipinski definition) is 3. The van der Waals surface area contributed by atoms with Crippen LogP contribution in [0.5, 0.6) is 5.75 Å². The second kappa shape index (κ2) is 8.68. The van der Waals surface area contributed by atoms with Gasteiger partial charge in [-0.3, -0.25) is 9.59 Å². The molecule has 2 aliphatic heterocycles. The molecule has 0 bridgehead atoms. The monoisotopic (exact) mass is 392 g/mol. The maximum atomic E-state index is 13.4. The SMILES string of the molecule is CC1Cc2ccccc2N1C(=O)c1ccccc1OCC(=O)N1CCCCCC1. The highest BCUT2D eigenvalue weighted by atomic mass is 16.5. The highest BCUT2D eigenvalue weighted by molar-refractivity contribution is 6.09. The average Bonchev–Trinajstić information content (AvgIpc) is 2.90. The van der Waals surface area contributed by atoms with Crippen molar-refractivity contribution in [1.82, 2.24) is 4.90 Å². The van der Waals surface area contributed by atoms with Gasteiger partial charge in [-0.2, -0.15) is 0 Å². The largest absolute Gasteiger partial charge is 0.483 e. The van der Waals surface area contributed by atoms with Crippen molar-refractivity contribution in [3.05, 3.63) is 59.7 Å². The number of amides is 2. The molecule has 2 amide bonds. The zero-order valence-corrected chi connectivity index (χ0v) is 17.0. The van der Waals surface area contributed by atoms with Gasteiger partial charge in [-0.05, 0) is 49.9 Å². The van der Waals surface area contributed by atoms with Crippen molar-refractivity contribution in [2.75, 3.05) is 24.6 Å². The predicted octanol–water partition coefficient (Wildman–Crippen LogP) is 4.06. The van der Waals surface area contributed by atoms with Gasteiger partial charge in [0, 0.05) is 24.8 Å². The zero-order valence-electron chi connectivity index (χ0n) is 17.0. The molecule has 0 radical (unpaired) electrons. The number of ether oxygens (including phenoxy) is 1. The van der Waals surface area contributed by atoms with E-state index in [1.807, 2.05) is 40.1 Å². The first kappa shape index (κ1) is 19.5. The summed E-state index contributed by atoms with van der Waals surface area (Å²) < 4.78 is 5.86. The van der Waals surface area contributed by atoms with Crippen molar-refractivity contribution in [3.8, 4) is 5.75 Å². The van der Waals surface area contributed by atoms with Crippen molar-refractivity contribution in [2.24, 2.45) is 0 Å². The number of carbonyl (C=O) groups excluding carboxylic acids is 2. The van der Waals surface area contributed by atoms with Gasteiger partial charge in [0.2, 0.25) is 0 Å². The number of rotatable bonds is 4. The number of anilines is 1. The zero-order chi connectivity index (χ0) is 20.2. The highest BCUT2D eigenvalue weighted by Gasteiger charge is 2.32. The van der Waals surface area contributed by atoms with Gasteiger partial charge in [-0.1, -0.05) is 43.2 Å². The van der Waals surface area contributed by atoms with Crippen LogP contribution in [0.15, 0.2) is 48.5 Å². The third-order valence-electron chi connectivity index (χ3n) is 5.85. The molecule has 1 unspecified atom stereocenters. The fraction of sp³-hybridized carbons (Fsp3) is 0.417. The van der Waals surface area contributed by atoms with Crippen LogP contribution in [0.25, 0.3) is 0 Å². The number of fused-ring (bicyclic) bond motifs is 1. The van der Waals surface area contributed by atoms with E-state index >= 15 is 0 Å². The molecule has 1 atom stereocenters. The normalized spacial score (nSPS) is 18.9. The van der Waals surface area contributed by atoms with Gasteiger partial charge in [0.1, 0.15) is 5.75 Å². The average molecular weight is 392 g/mol. The van der Waals surface area contributed by atoms with Crippen LogP contribution in [0, 0.1) is 0 Å². The summed E-state index contributed by atoms with van der Waals surface area (Å²) in [7, 11) is 0. The van der Waals surface area contributed by atoms with E-state index in [1.54, 1.807) is 12.1 Å². The number of benzene rings is 2. The number of hydrogen-bond donors (Lipinski definition) is 0. The Morgan fingerprint density at radius 3 is 2.45 bits per heavy atom. The van der Waals surface area contributed by atoms with E-state index in [1.165, 1.54) is 18.4 Å². The van der Waals surface area contributed by atoms with E-state index in [0.29, 0.717) is 11.3 Å². The molecule has 5 nitrogen and oxygen atoms in total. The predicted molar refractivity (Wildman–Crippen MR) is 113 cm³/mol. The molecule has 152 valence electrons. The maximum absolute atomic E-state index is 13.4. The number of nitrogens with zero attached hydrogens (tertiary/aromatic N) is 2. The Morgan fingerprint density at radius 2 is 1.66 bits per heavy atom.